The lowest BCUT2D eigenvalue weighted by molar-refractivity contribution is 0.450. The summed E-state index contributed by atoms with van der Waals surface area (Å²) in [7, 11) is 0. The van der Waals surface area contributed by atoms with E-state index in [1.165, 1.54) is 49.7 Å². The number of hydrogen-bond donors (Lipinski definition) is 0. The number of allylic oxidation sites excluding steroid dienone is 6. The summed E-state index contributed by atoms with van der Waals surface area (Å²) in [5.41, 5.74) is 12.9. The van der Waals surface area contributed by atoms with Crippen molar-refractivity contribution in [3.05, 3.63) is 123 Å². The van der Waals surface area contributed by atoms with Crippen LogP contribution >= 0.6 is 0 Å². The smallest absolute Gasteiger partial charge is 0.0175 e. The molecule has 0 saturated heterocycles. The highest BCUT2D eigenvalue weighted by Gasteiger charge is 2.43. The van der Waals surface area contributed by atoms with Gasteiger partial charge in [0.05, 0.1) is 0 Å². The van der Waals surface area contributed by atoms with Crippen LogP contribution in [0.25, 0.3) is 16.8 Å². The van der Waals surface area contributed by atoms with E-state index >= 15 is 0 Å². The van der Waals surface area contributed by atoms with E-state index in [0.29, 0.717) is 23.7 Å². The summed E-state index contributed by atoms with van der Waals surface area (Å²) >= 11 is 0. The number of rotatable bonds is 5. The maximum atomic E-state index is 4.49. The second kappa shape index (κ2) is 9.74. The van der Waals surface area contributed by atoms with Gasteiger partial charge in [-0.05, 0) is 88.6 Å². The number of benzene rings is 3. The Balaban J connectivity index is 1.65. The van der Waals surface area contributed by atoms with Gasteiger partial charge in [-0.2, -0.15) is 0 Å². The summed E-state index contributed by atoms with van der Waals surface area (Å²) in [6.07, 6.45) is 7.07. The SMILES string of the molecule is C=C(C)C1=C(C)C=C2CC(=Cc3ccc(C(C)C)cc3)C(C)C2C1c1c(CC)ccc2ccccc12. The van der Waals surface area contributed by atoms with Crippen LogP contribution in [0.4, 0.5) is 0 Å². The fourth-order valence-corrected chi connectivity index (χ4v) is 6.81. The van der Waals surface area contributed by atoms with Crippen LogP contribution in [-0.2, 0) is 6.42 Å². The van der Waals surface area contributed by atoms with Crippen molar-refractivity contribution in [1.82, 2.24) is 0 Å². The zero-order chi connectivity index (χ0) is 25.6. The molecule has 0 aromatic heterocycles. The molecule has 5 rings (SSSR count). The lowest BCUT2D eigenvalue weighted by Crippen LogP contribution is -2.25. The van der Waals surface area contributed by atoms with E-state index in [1.807, 2.05) is 0 Å². The summed E-state index contributed by atoms with van der Waals surface area (Å²) in [5.74, 6) is 1.86. The van der Waals surface area contributed by atoms with Crippen LogP contribution in [0, 0.1) is 11.8 Å². The van der Waals surface area contributed by atoms with Crippen molar-refractivity contribution in [2.24, 2.45) is 11.8 Å². The summed E-state index contributed by atoms with van der Waals surface area (Å²) in [5, 5.41) is 2.75. The normalized spacial score (nSPS) is 22.9. The van der Waals surface area contributed by atoms with Gasteiger partial charge in [0.2, 0.25) is 0 Å². The minimum atomic E-state index is 0.341. The molecule has 3 aromatic carbocycles. The topological polar surface area (TPSA) is 0 Å². The highest BCUT2D eigenvalue weighted by molar-refractivity contribution is 5.88. The first-order valence-electron chi connectivity index (χ1n) is 13.7. The van der Waals surface area contributed by atoms with Crippen molar-refractivity contribution in [2.75, 3.05) is 0 Å². The molecule has 0 heterocycles. The number of hydrogen-bond acceptors (Lipinski definition) is 0. The van der Waals surface area contributed by atoms with E-state index in [9.17, 15) is 0 Å². The largest absolute Gasteiger partial charge is 0.0958 e. The van der Waals surface area contributed by atoms with Crippen LogP contribution in [0.1, 0.15) is 82.1 Å². The molecule has 0 N–H and O–H groups in total. The highest BCUT2D eigenvalue weighted by atomic mass is 14.5. The van der Waals surface area contributed by atoms with Crippen molar-refractivity contribution >= 4 is 16.8 Å². The zero-order valence-corrected chi connectivity index (χ0v) is 22.9. The molecule has 0 nitrogen and oxygen atoms in total. The Morgan fingerprint density at radius 1 is 1.03 bits per heavy atom. The second-order valence-electron chi connectivity index (χ2n) is 11.3. The van der Waals surface area contributed by atoms with Crippen molar-refractivity contribution < 1.29 is 0 Å². The Morgan fingerprint density at radius 2 is 1.75 bits per heavy atom. The van der Waals surface area contributed by atoms with Crippen molar-refractivity contribution in [3.8, 4) is 0 Å². The zero-order valence-electron chi connectivity index (χ0n) is 22.9. The maximum Gasteiger partial charge on any atom is 0.0175 e. The molecular formula is C36H40. The minimum Gasteiger partial charge on any atom is -0.0958 e. The molecule has 1 saturated carbocycles. The van der Waals surface area contributed by atoms with E-state index < -0.39 is 0 Å². The summed E-state index contributed by atoms with van der Waals surface area (Å²) < 4.78 is 0. The highest BCUT2D eigenvalue weighted by Crippen LogP contribution is 2.56. The van der Waals surface area contributed by atoms with Crippen LogP contribution in [0.3, 0.4) is 0 Å². The molecule has 3 aromatic rings. The third-order valence-corrected chi connectivity index (χ3v) is 8.62. The van der Waals surface area contributed by atoms with E-state index in [0.717, 1.165) is 12.8 Å². The molecule has 36 heavy (non-hydrogen) atoms. The Bertz CT molecular complexity index is 1400. The molecule has 0 heteroatoms. The van der Waals surface area contributed by atoms with Crippen LogP contribution in [0.15, 0.2) is 101 Å². The van der Waals surface area contributed by atoms with Gasteiger partial charge in [0.15, 0.2) is 0 Å². The molecular weight excluding hydrogens is 432 g/mol. The maximum absolute atomic E-state index is 4.49. The van der Waals surface area contributed by atoms with Gasteiger partial charge in [0.1, 0.15) is 0 Å². The molecule has 0 spiro atoms. The molecule has 0 aliphatic heterocycles. The molecule has 184 valence electrons. The lowest BCUT2D eigenvalue weighted by Gasteiger charge is -2.37. The lowest BCUT2D eigenvalue weighted by atomic mass is 9.66. The average Bonchev–Trinajstić information content (AvgIpc) is 3.16. The van der Waals surface area contributed by atoms with Gasteiger partial charge in [-0.15, -0.1) is 0 Å². The van der Waals surface area contributed by atoms with E-state index in [-0.39, 0.29) is 0 Å². The molecule has 3 unspecified atom stereocenters. The minimum absolute atomic E-state index is 0.341. The predicted octanol–water partition coefficient (Wildman–Crippen LogP) is 10.2. The van der Waals surface area contributed by atoms with Crippen LogP contribution in [-0.4, -0.2) is 0 Å². The number of aryl methyl sites for hydroxylation is 1. The first kappa shape index (κ1) is 24.6. The number of fused-ring (bicyclic) bond motifs is 2. The summed E-state index contributed by atoms with van der Waals surface area (Å²) in [4.78, 5) is 0. The third-order valence-electron chi connectivity index (χ3n) is 8.62. The first-order chi connectivity index (χ1) is 17.3. The molecule has 0 bridgehead atoms. The Labute approximate surface area is 218 Å². The van der Waals surface area contributed by atoms with Crippen LogP contribution in [0.2, 0.25) is 0 Å². The van der Waals surface area contributed by atoms with Gasteiger partial charge in [-0.25, -0.2) is 0 Å². The Kier molecular flexibility index (Phi) is 6.64. The molecule has 1 fully saturated rings. The standard InChI is InChI=1S/C36H40/c1-8-27-17-18-29-11-9-10-12-32(29)35(27)36-33(23(4)5)24(6)19-31-21-30(25(7)34(31)36)20-26-13-15-28(16-14-26)22(2)3/h9-20,22,25,34,36H,4,8,21H2,1-3,5-7H3. The molecule has 0 amide bonds. The van der Waals surface area contributed by atoms with E-state index in [4.69, 9.17) is 0 Å². The second-order valence-corrected chi connectivity index (χ2v) is 11.3. The Hall–Kier alpha value is -3.12. The summed E-state index contributed by atoms with van der Waals surface area (Å²) in [6, 6.07) is 22.8. The third kappa shape index (κ3) is 4.21. The predicted molar refractivity (Wildman–Crippen MR) is 157 cm³/mol. The van der Waals surface area contributed by atoms with Crippen molar-refractivity contribution in [2.45, 2.75) is 66.2 Å². The van der Waals surface area contributed by atoms with Crippen LogP contribution < -0.4 is 0 Å². The first-order valence-corrected chi connectivity index (χ1v) is 13.7. The van der Waals surface area contributed by atoms with Crippen LogP contribution in [0.5, 0.6) is 0 Å². The fourth-order valence-electron chi connectivity index (χ4n) is 6.81. The quantitative estimate of drug-likeness (QED) is 0.346. The monoisotopic (exact) mass is 472 g/mol. The molecule has 2 aliphatic rings. The van der Waals surface area contributed by atoms with Gasteiger partial charge >= 0.3 is 0 Å². The van der Waals surface area contributed by atoms with Crippen molar-refractivity contribution in [3.63, 3.8) is 0 Å². The molecule has 3 atom stereocenters. The van der Waals surface area contributed by atoms with Gasteiger partial charge in [-0.1, -0.05) is 124 Å². The Morgan fingerprint density at radius 3 is 2.42 bits per heavy atom. The van der Waals surface area contributed by atoms with Gasteiger partial charge in [-0.3, -0.25) is 0 Å². The fraction of sp³-hybridized carbons (Fsp3) is 0.333. The van der Waals surface area contributed by atoms with Crippen molar-refractivity contribution in [1.29, 1.82) is 0 Å². The van der Waals surface area contributed by atoms with Gasteiger partial charge in [0.25, 0.3) is 0 Å². The average molecular weight is 473 g/mol. The molecule has 2 aliphatic carbocycles. The van der Waals surface area contributed by atoms with E-state index in [2.05, 4.69) is 121 Å². The van der Waals surface area contributed by atoms with E-state index in [1.54, 1.807) is 11.1 Å². The summed E-state index contributed by atoms with van der Waals surface area (Å²) in [6.45, 7) is 18.3. The van der Waals surface area contributed by atoms with Gasteiger partial charge in [0, 0.05) is 5.92 Å². The van der Waals surface area contributed by atoms with Gasteiger partial charge < -0.3 is 0 Å². The molecule has 0 radical (unpaired) electrons.